The average Bonchev–Trinajstić information content (AvgIpc) is 3.16. The summed E-state index contributed by atoms with van der Waals surface area (Å²) >= 11 is 5.82. The first-order valence-electron chi connectivity index (χ1n) is 7.99. The normalized spacial score (nSPS) is 10.8. The van der Waals surface area contributed by atoms with Gasteiger partial charge in [0.05, 0.1) is 23.8 Å². The van der Waals surface area contributed by atoms with Gasteiger partial charge >= 0.3 is 0 Å². The van der Waals surface area contributed by atoms with Crippen molar-refractivity contribution in [3.05, 3.63) is 81.1 Å². The summed E-state index contributed by atoms with van der Waals surface area (Å²) in [6.45, 7) is 0. The molecule has 0 unspecified atom stereocenters. The molecule has 0 saturated heterocycles. The van der Waals surface area contributed by atoms with Crippen molar-refractivity contribution < 1.29 is 18.9 Å². The fourth-order valence-corrected chi connectivity index (χ4v) is 2.56. The number of halogens is 1. The smallest absolute Gasteiger partial charge is 0.281 e. The highest BCUT2D eigenvalue weighted by Gasteiger charge is 2.18. The molecule has 3 aromatic rings. The van der Waals surface area contributed by atoms with Crippen molar-refractivity contribution in [3.63, 3.8) is 0 Å². The van der Waals surface area contributed by atoms with Crippen molar-refractivity contribution in [1.82, 2.24) is 5.43 Å². The van der Waals surface area contributed by atoms with Gasteiger partial charge in [0.2, 0.25) is 0 Å². The molecule has 1 aromatic heterocycles. The van der Waals surface area contributed by atoms with Crippen LogP contribution in [-0.4, -0.2) is 24.2 Å². The second-order valence-corrected chi connectivity index (χ2v) is 5.98. The van der Waals surface area contributed by atoms with Gasteiger partial charge in [0.15, 0.2) is 0 Å². The SMILES string of the molecule is COc1ccc(C(=O)N/N=C\c2ccc(-c3ccc(Cl)cc3[N+](=O)[O-])o2)cc1. The van der Waals surface area contributed by atoms with Gasteiger partial charge in [0, 0.05) is 16.7 Å². The summed E-state index contributed by atoms with van der Waals surface area (Å²) in [6, 6.07) is 14.0. The Morgan fingerprint density at radius 3 is 2.64 bits per heavy atom. The zero-order chi connectivity index (χ0) is 20.1. The number of nitro groups is 1. The summed E-state index contributed by atoms with van der Waals surface area (Å²) in [6.07, 6.45) is 1.30. The lowest BCUT2D eigenvalue weighted by atomic mass is 10.1. The third kappa shape index (κ3) is 4.36. The second kappa shape index (κ2) is 8.36. The molecule has 0 aliphatic rings. The number of carbonyl (C=O) groups is 1. The quantitative estimate of drug-likeness (QED) is 0.378. The number of hydrogen-bond donors (Lipinski definition) is 1. The number of nitro benzene ring substituents is 1. The van der Waals surface area contributed by atoms with Crippen LogP contribution in [-0.2, 0) is 0 Å². The second-order valence-electron chi connectivity index (χ2n) is 5.55. The van der Waals surface area contributed by atoms with Crippen LogP contribution in [0.25, 0.3) is 11.3 Å². The summed E-state index contributed by atoms with van der Waals surface area (Å²) in [7, 11) is 1.54. The molecular weight excluding hydrogens is 386 g/mol. The van der Waals surface area contributed by atoms with Gasteiger partial charge in [-0.1, -0.05) is 11.6 Å². The Morgan fingerprint density at radius 1 is 1.21 bits per heavy atom. The summed E-state index contributed by atoms with van der Waals surface area (Å²) in [5, 5.41) is 15.3. The van der Waals surface area contributed by atoms with Gasteiger partial charge in [-0.3, -0.25) is 14.9 Å². The Hall–Kier alpha value is -3.65. The Bertz CT molecular complexity index is 1040. The summed E-state index contributed by atoms with van der Waals surface area (Å²) in [5.41, 5.74) is 2.91. The molecule has 3 rings (SSSR count). The highest BCUT2D eigenvalue weighted by atomic mass is 35.5. The third-order valence-corrected chi connectivity index (χ3v) is 3.99. The molecule has 0 spiro atoms. The highest BCUT2D eigenvalue weighted by Crippen LogP contribution is 2.33. The molecule has 0 atom stereocenters. The number of carbonyl (C=O) groups excluding carboxylic acids is 1. The number of methoxy groups -OCH3 is 1. The predicted molar refractivity (Wildman–Crippen MR) is 104 cm³/mol. The van der Waals surface area contributed by atoms with E-state index in [1.54, 1.807) is 36.4 Å². The van der Waals surface area contributed by atoms with E-state index in [0.717, 1.165) is 0 Å². The fourth-order valence-electron chi connectivity index (χ4n) is 2.39. The van der Waals surface area contributed by atoms with E-state index in [2.05, 4.69) is 10.5 Å². The molecule has 0 aliphatic heterocycles. The van der Waals surface area contributed by atoms with Gasteiger partial charge in [-0.05, 0) is 48.5 Å². The van der Waals surface area contributed by atoms with Crippen molar-refractivity contribution in [1.29, 1.82) is 0 Å². The van der Waals surface area contributed by atoms with Crippen LogP contribution in [0.1, 0.15) is 16.1 Å². The topological polar surface area (TPSA) is 107 Å². The van der Waals surface area contributed by atoms with E-state index in [9.17, 15) is 14.9 Å². The minimum Gasteiger partial charge on any atom is -0.497 e. The molecule has 28 heavy (non-hydrogen) atoms. The first kappa shape index (κ1) is 19.1. The number of benzene rings is 2. The summed E-state index contributed by atoms with van der Waals surface area (Å²) in [4.78, 5) is 22.7. The molecule has 8 nitrogen and oxygen atoms in total. The first-order valence-corrected chi connectivity index (χ1v) is 8.37. The van der Waals surface area contributed by atoms with Gasteiger partial charge in [-0.15, -0.1) is 0 Å². The van der Waals surface area contributed by atoms with Crippen LogP contribution in [0.4, 0.5) is 5.69 Å². The first-order chi connectivity index (χ1) is 13.5. The number of nitrogens with zero attached hydrogens (tertiary/aromatic N) is 2. The number of ether oxygens (including phenoxy) is 1. The molecule has 0 bridgehead atoms. The van der Waals surface area contributed by atoms with Gasteiger partial charge in [-0.25, -0.2) is 5.43 Å². The number of furan rings is 1. The zero-order valence-electron chi connectivity index (χ0n) is 14.6. The van der Waals surface area contributed by atoms with E-state index in [4.69, 9.17) is 20.8 Å². The monoisotopic (exact) mass is 399 g/mol. The zero-order valence-corrected chi connectivity index (χ0v) is 15.3. The van der Waals surface area contributed by atoms with Crippen LogP contribution >= 0.6 is 11.6 Å². The maximum atomic E-state index is 12.0. The number of hydrazone groups is 1. The molecule has 1 heterocycles. The van der Waals surface area contributed by atoms with Crippen LogP contribution in [0.2, 0.25) is 5.02 Å². The average molecular weight is 400 g/mol. The molecule has 9 heteroatoms. The molecule has 142 valence electrons. The molecular formula is C19H14ClN3O5. The fraction of sp³-hybridized carbons (Fsp3) is 0.0526. The molecule has 0 saturated carbocycles. The predicted octanol–water partition coefficient (Wildman–Crippen LogP) is 4.28. The summed E-state index contributed by atoms with van der Waals surface area (Å²) < 4.78 is 10.6. The van der Waals surface area contributed by atoms with Gasteiger partial charge in [0.1, 0.15) is 17.3 Å². The number of rotatable bonds is 6. The Morgan fingerprint density at radius 2 is 1.96 bits per heavy atom. The van der Waals surface area contributed by atoms with Gasteiger partial charge in [-0.2, -0.15) is 5.10 Å². The lowest BCUT2D eigenvalue weighted by Crippen LogP contribution is -2.17. The van der Waals surface area contributed by atoms with Crippen LogP contribution in [0.5, 0.6) is 5.75 Å². The largest absolute Gasteiger partial charge is 0.497 e. The van der Waals surface area contributed by atoms with Gasteiger partial charge in [0.25, 0.3) is 11.6 Å². The maximum Gasteiger partial charge on any atom is 0.281 e. The van der Waals surface area contributed by atoms with E-state index in [1.807, 2.05) is 0 Å². The van der Waals surface area contributed by atoms with Crippen molar-refractivity contribution in [2.24, 2.45) is 5.10 Å². The molecule has 0 aliphatic carbocycles. The van der Waals surface area contributed by atoms with Gasteiger partial charge < -0.3 is 9.15 Å². The minimum atomic E-state index is -0.535. The molecule has 0 fully saturated rings. The van der Waals surface area contributed by atoms with E-state index < -0.39 is 10.8 Å². The standard InChI is InChI=1S/C19H14ClN3O5/c1-27-14-5-2-12(3-6-14)19(24)22-21-11-15-7-9-18(28-15)16-8-4-13(20)10-17(16)23(25)26/h2-11H,1H3,(H,22,24)/b21-11-. The maximum absolute atomic E-state index is 12.0. The Kier molecular flexibility index (Phi) is 5.71. The van der Waals surface area contributed by atoms with E-state index in [-0.39, 0.29) is 22.0 Å². The van der Waals surface area contributed by atoms with E-state index in [0.29, 0.717) is 17.1 Å². The number of hydrogen-bond acceptors (Lipinski definition) is 6. The number of nitrogens with one attached hydrogen (secondary N) is 1. The third-order valence-electron chi connectivity index (χ3n) is 3.76. The van der Waals surface area contributed by atoms with E-state index in [1.165, 1.54) is 31.5 Å². The Labute approximate surface area is 164 Å². The highest BCUT2D eigenvalue weighted by molar-refractivity contribution is 6.30. The van der Waals surface area contributed by atoms with Crippen LogP contribution < -0.4 is 10.2 Å². The molecule has 1 N–H and O–H groups in total. The van der Waals surface area contributed by atoms with Crippen LogP contribution in [0.15, 0.2) is 64.1 Å². The van der Waals surface area contributed by atoms with Crippen molar-refractivity contribution in [3.8, 4) is 17.1 Å². The van der Waals surface area contributed by atoms with Crippen molar-refractivity contribution in [2.75, 3.05) is 7.11 Å². The molecule has 2 aromatic carbocycles. The van der Waals surface area contributed by atoms with E-state index >= 15 is 0 Å². The van der Waals surface area contributed by atoms with Crippen molar-refractivity contribution in [2.45, 2.75) is 0 Å². The summed E-state index contributed by atoms with van der Waals surface area (Å²) in [5.74, 6) is 0.832. The lowest BCUT2D eigenvalue weighted by Gasteiger charge is -2.02. The van der Waals surface area contributed by atoms with Crippen LogP contribution in [0.3, 0.4) is 0 Å². The van der Waals surface area contributed by atoms with Crippen molar-refractivity contribution >= 4 is 29.4 Å². The molecule has 1 amide bonds. The number of amides is 1. The van der Waals surface area contributed by atoms with Crippen LogP contribution in [0, 0.1) is 10.1 Å². The minimum absolute atomic E-state index is 0.168. The molecule has 0 radical (unpaired) electrons. The lowest BCUT2D eigenvalue weighted by molar-refractivity contribution is -0.384. The Balaban J connectivity index is 1.71.